The minimum atomic E-state index is 0.231. The van der Waals surface area contributed by atoms with E-state index in [-0.39, 0.29) is 6.10 Å². The van der Waals surface area contributed by atoms with Crippen LogP contribution in [0.5, 0.6) is 17.2 Å². The van der Waals surface area contributed by atoms with Crippen molar-refractivity contribution in [2.45, 2.75) is 25.1 Å². The van der Waals surface area contributed by atoms with Gasteiger partial charge in [0.25, 0.3) is 0 Å². The Kier molecular flexibility index (Phi) is 5.22. The molecule has 2 aliphatic heterocycles. The maximum Gasteiger partial charge on any atom is 0.161 e. The highest BCUT2D eigenvalue weighted by atomic mass is 16.6. The Balaban J connectivity index is 1.42. The third-order valence-electron chi connectivity index (χ3n) is 4.89. The van der Waals surface area contributed by atoms with Gasteiger partial charge >= 0.3 is 0 Å². The van der Waals surface area contributed by atoms with Gasteiger partial charge in [0, 0.05) is 32.4 Å². The fourth-order valence-electron chi connectivity index (χ4n) is 3.52. The fourth-order valence-corrected chi connectivity index (χ4v) is 3.52. The number of aromatic nitrogens is 1. The van der Waals surface area contributed by atoms with Crippen molar-refractivity contribution in [1.82, 2.24) is 9.88 Å². The quantitative estimate of drug-likeness (QED) is 0.793. The number of hydrogen-bond acceptors (Lipinski definition) is 6. The van der Waals surface area contributed by atoms with E-state index in [1.54, 1.807) is 19.5 Å². The normalized spacial score (nSPS) is 22.3. The molecule has 0 spiro atoms. The summed E-state index contributed by atoms with van der Waals surface area (Å²) < 4.78 is 22.8. The van der Waals surface area contributed by atoms with Crippen molar-refractivity contribution in [3.05, 3.63) is 48.3 Å². The van der Waals surface area contributed by atoms with Crippen LogP contribution in [0.3, 0.4) is 0 Å². The number of ether oxygens (including phenoxy) is 4. The molecule has 4 rings (SSSR count). The molecule has 0 N–H and O–H groups in total. The summed E-state index contributed by atoms with van der Waals surface area (Å²) in [5, 5.41) is 0. The standard InChI is InChI=1S/C20H24N2O4/c1-23-18-10-16(14-26-17-3-2-6-21-11-17)22(13-18)12-15-4-5-19-20(9-15)25-8-7-24-19/h2-6,9,11,16,18H,7-8,10,12-14H2,1H3/t16-,18+/m0/s1. The minimum Gasteiger partial charge on any atom is -0.490 e. The average molecular weight is 356 g/mol. The van der Waals surface area contributed by atoms with Crippen molar-refractivity contribution in [2.24, 2.45) is 0 Å². The van der Waals surface area contributed by atoms with E-state index in [1.165, 1.54) is 5.56 Å². The zero-order valence-electron chi connectivity index (χ0n) is 15.0. The largest absolute Gasteiger partial charge is 0.490 e. The molecule has 3 heterocycles. The molecule has 0 amide bonds. The lowest BCUT2D eigenvalue weighted by molar-refractivity contribution is 0.107. The number of rotatable bonds is 6. The summed E-state index contributed by atoms with van der Waals surface area (Å²) >= 11 is 0. The Morgan fingerprint density at radius 3 is 2.88 bits per heavy atom. The van der Waals surface area contributed by atoms with Crippen molar-refractivity contribution in [3.63, 3.8) is 0 Å². The number of methoxy groups -OCH3 is 1. The first-order chi connectivity index (χ1) is 12.8. The van der Waals surface area contributed by atoms with E-state index in [4.69, 9.17) is 18.9 Å². The zero-order chi connectivity index (χ0) is 17.8. The number of fused-ring (bicyclic) bond motifs is 1. The molecule has 0 saturated carbocycles. The Morgan fingerprint density at radius 1 is 1.19 bits per heavy atom. The van der Waals surface area contributed by atoms with Crippen molar-refractivity contribution in [2.75, 3.05) is 33.5 Å². The molecule has 26 heavy (non-hydrogen) atoms. The first-order valence-electron chi connectivity index (χ1n) is 9.00. The van der Waals surface area contributed by atoms with Gasteiger partial charge in [-0.25, -0.2) is 0 Å². The number of nitrogens with zero attached hydrogens (tertiary/aromatic N) is 2. The minimum absolute atomic E-state index is 0.231. The van der Waals surface area contributed by atoms with Gasteiger partial charge < -0.3 is 18.9 Å². The van der Waals surface area contributed by atoms with Crippen LogP contribution >= 0.6 is 0 Å². The van der Waals surface area contributed by atoms with Crippen LogP contribution in [0.2, 0.25) is 0 Å². The lowest BCUT2D eigenvalue weighted by Gasteiger charge is -2.25. The molecule has 0 unspecified atom stereocenters. The zero-order valence-corrected chi connectivity index (χ0v) is 15.0. The van der Waals surface area contributed by atoms with Crippen LogP contribution < -0.4 is 14.2 Å². The molecule has 1 aromatic carbocycles. The Bertz CT molecular complexity index is 725. The molecule has 6 nitrogen and oxygen atoms in total. The number of likely N-dealkylation sites (tertiary alicyclic amines) is 1. The van der Waals surface area contributed by atoms with E-state index in [9.17, 15) is 0 Å². The number of pyridine rings is 1. The molecule has 2 aromatic rings. The molecule has 0 bridgehead atoms. The van der Waals surface area contributed by atoms with Crippen molar-refractivity contribution in [3.8, 4) is 17.2 Å². The van der Waals surface area contributed by atoms with Crippen LogP contribution in [0.1, 0.15) is 12.0 Å². The molecule has 138 valence electrons. The van der Waals surface area contributed by atoms with Crippen LogP contribution in [0.15, 0.2) is 42.7 Å². The summed E-state index contributed by atoms with van der Waals surface area (Å²) in [7, 11) is 1.78. The summed E-state index contributed by atoms with van der Waals surface area (Å²) in [5.41, 5.74) is 1.21. The molecule has 1 saturated heterocycles. The average Bonchev–Trinajstić information content (AvgIpc) is 3.09. The van der Waals surface area contributed by atoms with Gasteiger partial charge in [-0.15, -0.1) is 0 Å². The van der Waals surface area contributed by atoms with Gasteiger partial charge in [-0.05, 0) is 36.2 Å². The van der Waals surface area contributed by atoms with Crippen LogP contribution in [-0.4, -0.2) is 55.5 Å². The van der Waals surface area contributed by atoms with E-state index in [2.05, 4.69) is 22.0 Å². The maximum atomic E-state index is 5.94. The fraction of sp³-hybridized carbons (Fsp3) is 0.450. The molecule has 1 aromatic heterocycles. The Labute approximate surface area is 153 Å². The molecule has 0 radical (unpaired) electrons. The first kappa shape index (κ1) is 17.1. The predicted octanol–water partition coefficient (Wildman–Crippen LogP) is 2.52. The van der Waals surface area contributed by atoms with Crippen molar-refractivity contribution < 1.29 is 18.9 Å². The number of benzene rings is 1. The molecule has 1 fully saturated rings. The van der Waals surface area contributed by atoms with Crippen molar-refractivity contribution >= 4 is 0 Å². The first-order valence-corrected chi connectivity index (χ1v) is 9.00. The van der Waals surface area contributed by atoms with E-state index in [0.29, 0.717) is 25.9 Å². The molecular formula is C20H24N2O4. The van der Waals surface area contributed by atoms with Crippen LogP contribution in [0, 0.1) is 0 Å². The Morgan fingerprint density at radius 2 is 2.08 bits per heavy atom. The van der Waals surface area contributed by atoms with Crippen molar-refractivity contribution in [1.29, 1.82) is 0 Å². The monoisotopic (exact) mass is 356 g/mol. The van der Waals surface area contributed by atoms with Gasteiger partial charge in [0.1, 0.15) is 25.6 Å². The summed E-state index contributed by atoms with van der Waals surface area (Å²) in [6.07, 6.45) is 4.68. The van der Waals surface area contributed by atoms with Gasteiger partial charge in [-0.3, -0.25) is 9.88 Å². The summed E-state index contributed by atoms with van der Waals surface area (Å²) in [5.74, 6) is 2.46. The third kappa shape index (κ3) is 3.92. The van der Waals surface area contributed by atoms with Gasteiger partial charge in [-0.2, -0.15) is 0 Å². The predicted molar refractivity (Wildman–Crippen MR) is 96.8 cm³/mol. The van der Waals surface area contributed by atoms with Gasteiger partial charge in [0.05, 0.1) is 12.3 Å². The number of hydrogen-bond donors (Lipinski definition) is 0. The lowest BCUT2D eigenvalue weighted by Crippen LogP contribution is -2.34. The van der Waals surface area contributed by atoms with Gasteiger partial charge in [0.15, 0.2) is 11.5 Å². The molecule has 0 aliphatic carbocycles. The molecular weight excluding hydrogens is 332 g/mol. The second kappa shape index (κ2) is 7.93. The van der Waals surface area contributed by atoms with E-state index >= 15 is 0 Å². The Hall–Kier alpha value is -2.31. The highest BCUT2D eigenvalue weighted by Gasteiger charge is 2.32. The van der Waals surface area contributed by atoms with E-state index < -0.39 is 0 Å². The van der Waals surface area contributed by atoms with Crippen LogP contribution in [0.25, 0.3) is 0 Å². The van der Waals surface area contributed by atoms with Gasteiger partial charge in [0.2, 0.25) is 0 Å². The smallest absolute Gasteiger partial charge is 0.161 e. The summed E-state index contributed by atoms with van der Waals surface area (Å²) in [4.78, 5) is 6.51. The molecule has 2 atom stereocenters. The summed E-state index contributed by atoms with van der Waals surface area (Å²) in [6, 6.07) is 10.3. The molecule has 6 heteroatoms. The van der Waals surface area contributed by atoms with Crippen LogP contribution in [0.4, 0.5) is 0 Å². The second-order valence-electron chi connectivity index (χ2n) is 6.65. The maximum absolute atomic E-state index is 5.94. The lowest BCUT2D eigenvalue weighted by atomic mass is 10.1. The SMILES string of the molecule is CO[C@@H]1C[C@@H](COc2cccnc2)N(Cc2ccc3c(c2)OCCO3)C1. The summed E-state index contributed by atoms with van der Waals surface area (Å²) in [6.45, 7) is 3.56. The topological polar surface area (TPSA) is 53.1 Å². The van der Waals surface area contributed by atoms with E-state index in [0.717, 1.165) is 36.8 Å². The van der Waals surface area contributed by atoms with Crippen LogP contribution in [-0.2, 0) is 11.3 Å². The molecule has 2 aliphatic rings. The highest BCUT2D eigenvalue weighted by Crippen LogP contribution is 2.32. The third-order valence-corrected chi connectivity index (χ3v) is 4.89. The van der Waals surface area contributed by atoms with E-state index in [1.807, 2.05) is 18.2 Å². The second-order valence-corrected chi connectivity index (χ2v) is 6.65. The van der Waals surface area contributed by atoms with Gasteiger partial charge in [-0.1, -0.05) is 6.07 Å². The highest BCUT2D eigenvalue weighted by molar-refractivity contribution is 5.43.